The molecule has 0 radical (unpaired) electrons. The predicted octanol–water partition coefficient (Wildman–Crippen LogP) is 3.11. The molecular weight excluding hydrogens is 316 g/mol. The van der Waals surface area contributed by atoms with Gasteiger partial charge < -0.3 is 14.6 Å². The van der Waals surface area contributed by atoms with Crippen molar-refractivity contribution in [2.45, 2.75) is 26.8 Å². The average Bonchev–Trinajstić information content (AvgIpc) is 3.07. The topological polar surface area (TPSA) is 62.6 Å². The lowest BCUT2D eigenvalue weighted by Crippen LogP contribution is -2.36. The van der Waals surface area contributed by atoms with Gasteiger partial charge >= 0.3 is 0 Å². The maximum atomic E-state index is 12.9. The number of nitrogens with one attached hydrogen (secondary N) is 1. The summed E-state index contributed by atoms with van der Waals surface area (Å²) < 4.78 is 5.51. The number of carbonyl (C=O) groups excluding carboxylic acids is 2. The summed E-state index contributed by atoms with van der Waals surface area (Å²) >= 11 is 0. The zero-order valence-corrected chi connectivity index (χ0v) is 15.3. The molecule has 1 atom stereocenters. The first-order valence-corrected chi connectivity index (χ1v) is 8.52. The molecule has 134 valence electrons. The van der Waals surface area contributed by atoms with Gasteiger partial charge in [0.1, 0.15) is 5.76 Å². The summed E-state index contributed by atoms with van der Waals surface area (Å²) in [5, 5.41) is 2.52. The van der Waals surface area contributed by atoms with Gasteiger partial charge in [-0.3, -0.25) is 9.59 Å². The average molecular weight is 342 g/mol. The molecule has 25 heavy (non-hydrogen) atoms. The number of benzene rings is 1. The molecule has 0 saturated carbocycles. The number of furan rings is 1. The van der Waals surface area contributed by atoms with Crippen molar-refractivity contribution in [3.63, 3.8) is 0 Å². The quantitative estimate of drug-likeness (QED) is 0.841. The van der Waals surface area contributed by atoms with E-state index in [0.29, 0.717) is 18.7 Å². The van der Waals surface area contributed by atoms with E-state index in [-0.39, 0.29) is 29.4 Å². The van der Waals surface area contributed by atoms with Gasteiger partial charge in [-0.25, -0.2) is 0 Å². The fourth-order valence-corrected chi connectivity index (χ4v) is 2.78. The minimum atomic E-state index is -0.274. The van der Waals surface area contributed by atoms with E-state index in [1.165, 1.54) is 0 Å². The Kier molecular flexibility index (Phi) is 6.39. The predicted molar refractivity (Wildman–Crippen MR) is 97.0 cm³/mol. The minimum absolute atomic E-state index is 0.0803. The maximum Gasteiger partial charge on any atom is 0.286 e. The summed E-state index contributed by atoms with van der Waals surface area (Å²) in [5.74, 6) is 0.787. The summed E-state index contributed by atoms with van der Waals surface area (Å²) in [4.78, 5) is 26.1. The molecule has 2 rings (SSSR count). The Morgan fingerprint density at radius 1 is 1.12 bits per heavy atom. The molecule has 5 nitrogen and oxygen atoms in total. The van der Waals surface area contributed by atoms with Gasteiger partial charge in [0.2, 0.25) is 5.91 Å². The van der Waals surface area contributed by atoms with Crippen LogP contribution in [0.2, 0.25) is 0 Å². The first kappa shape index (κ1) is 18.8. The van der Waals surface area contributed by atoms with Crippen molar-refractivity contribution in [2.75, 3.05) is 14.1 Å². The SMILES string of the molecule is CNC(=O)c1ccc(CN(C)C(=O)C(Cc2ccccc2)C(C)C)o1. The van der Waals surface area contributed by atoms with Crippen LogP contribution in [0, 0.1) is 11.8 Å². The van der Waals surface area contributed by atoms with Crippen LogP contribution < -0.4 is 5.32 Å². The molecule has 1 N–H and O–H groups in total. The van der Waals surface area contributed by atoms with Crippen LogP contribution in [-0.2, 0) is 17.8 Å². The molecule has 1 aromatic carbocycles. The van der Waals surface area contributed by atoms with Gasteiger partial charge in [-0.2, -0.15) is 0 Å². The Morgan fingerprint density at radius 2 is 1.80 bits per heavy atom. The van der Waals surface area contributed by atoms with E-state index < -0.39 is 0 Å². The molecule has 0 aliphatic rings. The summed E-state index contributed by atoms with van der Waals surface area (Å²) in [6, 6.07) is 13.4. The Morgan fingerprint density at radius 3 is 2.40 bits per heavy atom. The lowest BCUT2D eigenvalue weighted by molar-refractivity contribution is -0.136. The van der Waals surface area contributed by atoms with Crippen molar-refractivity contribution in [1.29, 1.82) is 0 Å². The fourth-order valence-electron chi connectivity index (χ4n) is 2.78. The Hall–Kier alpha value is -2.56. The molecule has 0 aliphatic heterocycles. The molecule has 0 aliphatic carbocycles. The van der Waals surface area contributed by atoms with E-state index in [0.717, 1.165) is 5.56 Å². The van der Waals surface area contributed by atoms with Crippen LogP contribution in [0.15, 0.2) is 46.9 Å². The fraction of sp³-hybridized carbons (Fsp3) is 0.400. The summed E-state index contributed by atoms with van der Waals surface area (Å²) in [5.41, 5.74) is 1.16. The lowest BCUT2D eigenvalue weighted by atomic mass is 9.88. The third-order valence-electron chi connectivity index (χ3n) is 4.30. The van der Waals surface area contributed by atoms with E-state index in [4.69, 9.17) is 4.42 Å². The third kappa shape index (κ3) is 4.95. The highest BCUT2D eigenvalue weighted by Gasteiger charge is 2.26. The van der Waals surface area contributed by atoms with E-state index in [1.54, 1.807) is 31.1 Å². The molecule has 0 spiro atoms. The number of carbonyl (C=O) groups is 2. The molecule has 2 aromatic rings. The van der Waals surface area contributed by atoms with Gasteiger partial charge in [-0.15, -0.1) is 0 Å². The van der Waals surface area contributed by atoms with Crippen molar-refractivity contribution >= 4 is 11.8 Å². The van der Waals surface area contributed by atoms with E-state index in [9.17, 15) is 9.59 Å². The minimum Gasteiger partial charge on any atom is -0.454 e. The summed E-state index contributed by atoms with van der Waals surface area (Å²) in [6.45, 7) is 4.47. The second-order valence-corrected chi connectivity index (χ2v) is 6.58. The molecule has 2 amide bonds. The first-order chi connectivity index (χ1) is 11.9. The molecular formula is C20H26N2O3. The number of hydrogen-bond acceptors (Lipinski definition) is 3. The molecule has 0 saturated heterocycles. The van der Waals surface area contributed by atoms with Crippen LogP contribution in [0.4, 0.5) is 0 Å². The van der Waals surface area contributed by atoms with E-state index in [1.807, 2.05) is 30.3 Å². The van der Waals surface area contributed by atoms with Gasteiger partial charge in [-0.1, -0.05) is 44.2 Å². The van der Waals surface area contributed by atoms with Crippen LogP contribution in [0.5, 0.6) is 0 Å². The van der Waals surface area contributed by atoms with Crippen LogP contribution in [0.1, 0.15) is 35.7 Å². The largest absolute Gasteiger partial charge is 0.454 e. The molecule has 0 fully saturated rings. The first-order valence-electron chi connectivity index (χ1n) is 8.52. The Bertz CT molecular complexity index is 707. The second-order valence-electron chi connectivity index (χ2n) is 6.58. The van der Waals surface area contributed by atoms with Crippen molar-refractivity contribution < 1.29 is 14.0 Å². The van der Waals surface area contributed by atoms with Gasteiger partial charge in [0.15, 0.2) is 5.76 Å². The highest BCUT2D eigenvalue weighted by Crippen LogP contribution is 2.21. The number of hydrogen-bond donors (Lipinski definition) is 1. The number of nitrogens with zero attached hydrogens (tertiary/aromatic N) is 1. The van der Waals surface area contributed by atoms with Crippen LogP contribution >= 0.6 is 0 Å². The molecule has 1 unspecified atom stereocenters. The van der Waals surface area contributed by atoms with Gasteiger partial charge in [0.25, 0.3) is 5.91 Å². The van der Waals surface area contributed by atoms with Gasteiger partial charge in [-0.05, 0) is 30.0 Å². The highest BCUT2D eigenvalue weighted by atomic mass is 16.4. The Labute approximate surface area is 149 Å². The molecule has 1 aromatic heterocycles. The standard InChI is InChI=1S/C20H26N2O3/c1-14(2)17(12-15-8-6-5-7-9-15)20(24)22(4)13-16-10-11-18(25-16)19(23)21-3/h5-11,14,17H,12-13H2,1-4H3,(H,21,23). The van der Waals surface area contributed by atoms with Crippen molar-refractivity contribution in [3.05, 3.63) is 59.5 Å². The van der Waals surface area contributed by atoms with Crippen molar-refractivity contribution in [2.24, 2.45) is 11.8 Å². The summed E-state index contributed by atoms with van der Waals surface area (Å²) in [7, 11) is 3.32. The third-order valence-corrected chi connectivity index (χ3v) is 4.30. The van der Waals surface area contributed by atoms with Crippen molar-refractivity contribution in [3.8, 4) is 0 Å². The van der Waals surface area contributed by atoms with E-state index in [2.05, 4.69) is 19.2 Å². The monoisotopic (exact) mass is 342 g/mol. The van der Waals surface area contributed by atoms with Crippen molar-refractivity contribution in [1.82, 2.24) is 10.2 Å². The normalized spacial score (nSPS) is 12.0. The maximum absolute atomic E-state index is 12.9. The van der Waals surface area contributed by atoms with Gasteiger partial charge in [0, 0.05) is 20.0 Å². The zero-order valence-electron chi connectivity index (χ0n) is 15.3. The van der Waals surface area contributed by atoms with Crippen LogP contribution in [0.25, 0.3) is 0 Å². The number of rotatable bonds is 7. The number of amides is 2. The molecule has 1 heterocycles. The smallest absolute Gasteiger partial charge is 0.286 e. The molecule has 5 heteroatoms. The summed E-state index contributed by atoms with van der Waals surface area (Å²) in [6.07, 6.45) is 0.712. The molecule has 0 bridgehead atoms. The highest BCUT2D eigenvalue weighted by molar-refractivity contribution is 5.91. The second kappa shape index (κ2) is 8.51. The van der Waals surface area contributed by atoms with E-state index >= 15 is 0 Å². The van der Waals surface area contributed by atoms with Crippen LogP contribution in [0.3, 0.4) is 0 Å². The lowest BCUT2D eigenvalue weighted by Gasteiger charge is -2.26. The van der Waals surface area contributed by atoms with Gasteiger partial charge in [0.05, 0.1) is 6.54 Å². The van der Waals surface area contributed by atoms with Crippen LogP contribution in [-0.4, -0.2) is 30.8 Å². The Balaban J connectivity index is 2.05. The zero-order chi connectivity index (χ0) is 18.4.